The third kappa shape index (κ3) is 3.85. The van der Waals surface area contributed by atoms with Gasteiger partial charge in [0.1, 0.15) is 0 Å². The van der Waals surface area contributed by atoms with Gasteiger partial charge in [0.15, 0.2) is 0 Å². The number of rotatable bonds is 5. The van der Waals surface area contributed by atoms with E-state index in [-0.39, 0.29) is 5.56 Å². The van der Waals surface area contributed by atoms with Gasteiger partial charge in [0.05, 0.1) is 6.54 Å². The third-order valence-corrected chi connectivity index (χ3v) is 5.39. The minimum atomic E-state index is 0.0988. The lowest BCUT2D eigenvalue weighted by Crippen LogP contribution is -2.45. The van der Waals surface area contributed by atoms with Crippen LogP contribution >= 0.6 is 0 Å². The monoisotopic (exact) mass is 342 g/mol. The molecule has 0 radical (unpaired) electrons. The number of fused-ring (bicyclic) bond motifs is 1. The highest BCUT2D eigenvalue weighted by Gasteiger charge is 2.24. The van der Waals surface area contributed by atoms with Gasteiger partial charge in [-0.2, -0.15) is 5.10 Å². The lowest BCUT2D eigenvalue weighted by Gasteiger charge is -2.32. The molecule has 1 atom stereocenters. The molecule has 25 heavy (non-hydrogen) atoms. The third-order valence-electron chi connectivity index (χ3n) is 5.39. The van der Waals surface area contributed by atoms with E-state index in [1.165, 1.54) is 11.3 Å². The van der Waals surface area contributed by atoms with Crippen molar-refractivity contribution in [1.82, 2.24) is 19.7 Å². The predicted octanol–water partition coefficient (Wildman–Crippen LogP) is 1.37. The van der Waals surface area contributed by atoms with Gasteiger partial charge in [0.25, 0.3) is 5.56 Å². The number of pyridine rings is 1. The molecule has 6 heteroatoms. The molecule has 0 spiro atoms. The van der Waals surface area contributed by atoms with E-state index in [0.717, 1.165) is 51.9 Å². The van der Waals surface area contributed by atoms with Crippen molar-refractivity contribution in [2.24, 2.45) is 0 Å². The maximum absolute atomic E-state index is 12.4. The molecule has 1 N–H and O–H groups in total. The number of nitrogens with zero attached hydrogens (tertiary/aromatic N) is 3. The average Bonchev–Trinajstić information content (AvgIpc) is 3.15. The summed E-state index contributed by atoms with van der Waals surface area (Å²) in [6.45, 7) is 3.15. The fourth-order valence-electron chi connectivity index (χ4n) is 4.04. The van der Waals surface area contributed by atoms with Crippen LogP contribution in [0.2, 0.25) is 0 Å². The molecular formula is C19H26N4O2. The summed E-state index contributed by atoms with van der Waals surface area (Å²) in [4.78, 5) is 12.4. The summed E-state index contributed by atoms with van der Waals surface area (Å²) in [5.41, 5.74) is 2.63. The summed E-state index contributed by atoms with van der Waals surface area (Å²) in [5.74, 6) is 0. The van der Waals surface area contributed by atoms with E-state index in [9.17, 15) is 4.79 Å². The van der Waals surface area contributed by atoms with Crippen molar-refractivity contribution < 1.29 is 4.74 Å². The molecule has 1 saturated heterocycles. The maximum Gasteiger partial charge on any atom is 0.250 e. The molecule has 0 amide bonds. The lowest BCUT2D eigenvalue weighted by molar-refractivity contribution is 0.0742. The molecule has 1 aliphatic carbocycles. The number of nitrogens with one attached hydrogen (secondary N) is 1. The topological polar surface area (TPSA) is 61.1 Å². The van der Waals surface area contributed by atoms with E-state index in [4.69, 9.17) is 4.74 Å². The summed E-state index contributed by atoms with van der Waals surface area (Å²) in [6, 6.07) is 6.74. The van der Waals surface area contributed by atoms with Crippen molar-refractivity contribution >= 4 is 0 Å². The van der Waals surface area contributed by atoms with Crippen molar-refractivity contribution in [3.63, 3.8) is 0 Å². The molecular weight excluding hydrogens is 316 g/mol. The minimum Gasteiger partial charge on any atom is -0.381 e. The SMILES string of the molecule is O=c1ccc2c(n1CCn1cccn1)CCC(NC1CCOCC1)C2. The molecule has 0 saturated carbocycles. The van der Waals surface area contributed by atoms with Gasteiger partial charge < -0.3 is 14.6 Å². The molecule has 1 aliphatic heterocycles. The van der Waals surface area contributed by atoms with Gasteiger partial charge in [-0.25, -0.2) is 0 Å². The second-order valence-electron chi connectivity index (χ2n) is 7.06. The van der Waals surface area contributed by atoms with Gasteiger partial charge in [-0.15, -0.1) is 0 Å². The first-order valence-electron chi connectivity index (χ1n) is 9.32. The highest BCUT2D eigenvalue weighted by Crippen LogP contribution is 2.22. The van der Waals surface area contributed by atoms with Crippen molar-refractivity contribution in [1.29, 1.82) is 0 Å². The van der Waals surface area contributed by atoms with Crippen LogP contribution in [-0.2, 0) is 30.7 Å². The van der Waals surface area contributed by atoms with E-state index in [2.05, 4.69) is 10.4 Å². The summed E-state index contributed by atoms with van der Waals surface area (Å²) >= 11 is 0. The van der Waals surface area contributed by atoms with Gasteiger partial charge >= 0.3 is 0 Å². The molecule has 134 valence electrons. The van der Waals surface area contributed by atoms with Crippen LogP contribution in [0.5, 0.6) is 0 Å². The first kappa shape index (κ1) is 16.5. The largest absolute Gasteiger partial charge is 0.381 e. The Morgan fingerprint density at radius 3 is 2.84 bits per heavy atom. The number of aromatic nitrogens is 3. The number of aryl methyl sites for hydroxylation is 1. The van der Waals surface area contributed by atoms with Crippen LogP contribution in [0.3, 0.4) is 0 Å². The minimum absolute atomic E-state index is 0.0988. The van der Waals surface area contributed by atoms with Gasteiger partial charge in [-0.3, -0.25) is 9.48 Å². The molecule has 4 rings (SSSR count). The Labute approximate surface area is 147 Å². The molecule has 2 aromatic rings. The van der Waals surface area contributed by atoms with Gasteiger partial charge in [0.2, 0.25) is 0 Å². The number of ether oxygens (including phenoxy) is 1. The Bertz CT molecular complexity index is 747. The first-order chi connectivity index (χ1) is 12.3. The zero-order valence-electron chi connectivity index (χ0n) is 14.6. The summed E-state index contributed by atoms with van der Waals surface area (Å²) in [7, 11) is 0. The van der Waals surface area contributed by atoms with Crippen LogP contribution in [0.15, 0.2) is 35.4 Å². The molecule has 2 aliphatic rings. The normalized spacial score (nSPS) is 21.2. The van der Waals surface area contributed by atoms with Crippen LogP contribution in [0, 0.1) is 0 Å². The summed E-state index contributed by atoms with van der Waals surface area (Å²) in [6.07, 6.45) is 8.99. The molecule has 6 nitrogen and oxygen atoms in total. The molecule has 3 heterocycles. The van der Waals surface area contributed by atoms with Gasteiger partial charge in [-0.1, -0.05) is 6.07 Å². The molecule has 0 aromatic carbocycles. The standard InChI is InChI=1S/C19H26N4O2/c24-19-5-2-15-14-17(21-16-6-12-25-13-7-16)3-4-18(15)23(19)11-10-22-9-1-8-20-22/h1-2,5,8-9,16-17,21H,3-4,6-7,10-14H2. The van der Waals surface area contributed by atoms with Gasteiger partial charge in [0, 0.05) is 56.0 Å². The van der Waals surface area contributed by atoms with Crippen molar-refractivity contribution in [2.75, 3.05) is 13.2 Å². The Hall–Kier alpha value is -1.92. The number of hydrogen-bond donors (Lipinski definition) is 1. The number of hydrogen-bond acceptors (Lipinski definition) is 4. The van der Waals surface area contributed by atoms with Crippen LogP contribution < -0.4 is 10.9 Å². The predicted molar refractivity (Wildman–Crippen MR) is 95.7 cm³/mol. The Kier molecular flexibility index (Phi) is 4.99. The Morgan fingerprint density at radius 2 is 2.04 bits per heavy atom. The molecule has 0 bridgehead atoms. The first-order valence-corrected chi connectivity index (χ1v) is 9.32. The fourth-order valence-corrected chi connectivity index (χ4v) is 4.04. The Morgan fingerprint density at radius 1 is 1.16 bits per heavy atom. The molecule has 1 fully saturated rings. The smallest absolute Gasteiger partial charge is 0.250 e. The van der Waals surface area contributed by atoms with E-state index in [1.807, 2.05) is 27.6 Å². The maximum atomic E-state index is 12.4. The second-order valence-corrected chi connectivity index (χ2v) is 7.06. The van der Waals surface area contributed by atoms with Crippen LogP contribution in [0.25, 0.3) is 0 Å². The lowest BCUT2D eigenvalue weighted by atomic mass is 9.90. The quantitative estimate of drug-likeness (QED) is 0.892. The molecule has 2 aromatic heterocycles. The van der Waals surface area contributed by atoms with Crippen LogP contribution in [-0.4, -0.2) is 39.6 Å². The van der Waals surface area contributed by atoms with Crippen molar-refractivity contribution in [2.45, 2.75) is 57.3 Å². The zero-order chi connectivity index (χ0) is 17.1. The van der Waals surface area contributed by atoms with E-state index < -0.39 is 0 Å². The van der Waals surface area contributed by atoms with Gasteiger partial charge in [-0.05, 0) is 43.7 Å². The Balaban J connectivity index is 1.45. The van der Waals surface area contributed by atoms with Crippen LogP contribution in [0.1, 0.15) is 30.5 Å². The van der Waals surface area contributed by atoms with Crippen molar-refractivity contribution in [3.05, 3.63) is 52.2 Å². The van der Waals surface area contributed by atoms with E-state index in [0.29, 0.717) is 18.6 Å². The van der Waals surface area contributed by atoms with E-state index >= 15 is 0 Å². The zero-order valence-corrected chi connectivity index (χ0v) is 14.6. The van der Waals surface area contributed by atoms with Crippen LogP contribution in [0.4, 0.5) is 0 Å². The highest BCUT2D eigenvalue weighted by molar-refractivity contribution is 5.25. The highest BCUT2D eigenvalue weighted by atomic mass is 16.5. The fraction of sp³-hybridized carbons (Fsp3) is 0.579. The molecule has 1 unspecified atom stereocenters. The van der Waals surface area contributed by atoms with E-state index in [1.54, 1.807) is 12.3 Å². The second kappa shape index (κ2) is 7.54. The average molecular weight is 342 g/mol. The summed E-state index contributed by atoms with van der Waals surface area (Å²) < 4.78 is 9.27. The summed E-state index contributed by atoms with van der Waals surface area (Å²) in [5, 5.41) is 8.04. The van der Waals surface area contributed by atoms with Crippen molar-refractivity contribution in [3.8, 4) is 0 Å².